The van der Waals surface area contributed by atoms with Crippen molar-refractivity contribution >= 4 is 22.7 Å². The molecule has 4 aromatic heterocycles. The van der Waals surface area contributed by atoms with E-state index in [9.17, 15) is 5.11 Å². The fraction of sp³-hybridized carbons (Fsp3) is 0.444. The van der Waals surface area contributed by atoms with E-state index in [1.54, 1.807) is 12.5 Å². The number of aryl methyl sites for hydroxylation is 2. The number of fused-ring (bicyclic) bond motifs is 1. The first-order valence-corrected chi connectivity index (χ1v) is 12.3. The maximum absolute atomic E-state index is 9.85. The first-order valence-electron chi connectivity index (χ1n) is 12.3. The predicted octanol–water partition coefficient (Wildman–Crippen LogP) is 5.57. The highest BCUT2D eigenvalue weighted by molar-refractivity contribution is 5.86. The van der Waals surface area contributed by atoms with Gasteiger partial charge in [-0.25, -0.2) is 4.98 Å². The van der Waals surface area contributed by atoms with Crippen LogP contribution < -0.4 is 10.6 Å². The van der Waals surface area contributed by atoms with Crippen molar-refractivity contribution in [2.75, 3.05) is 17.2 Å². The summed E-state index contributed by atoms with van der Waals surface area (Å²) in [4.78, 5) is 14.1. The second kappa shape index (κ2) is 9.34. The molecular formula is C27H33N5O3. The zero-order valence-electron chi connectivity index (χ0n) is 20.8. The molecule has 8 heteroatoms. The maximum Gasteiger partial charge on any atom is 0.225 e. The molecule has 0 saturated heterocycles. The number of aliphatic hydroxyl groups excluding tert-OH is 1. The second-order valence-corrected chi connectivity index (χ2v) is 9.78. The summed E-state index contributed by atoms with van der Waals surface area (Å²) in [5, 5.41) is 17.9. The minimum atomic E-state index is -0.218. The summed E-state index contributed by atoms with van der Waals surface area (Å²) in [6, 6.07) is 7.88. The quantitative estimate of drug-likeness (QED) is 0.303. The Balaban J connectivity index is 1.56. The van der Waals surface area contributed by atoms with Crippen LogP contribution in [0.5, 0.6) is 0 Å². The van der Waals surface area contributed by atoms with Crippen LogP contribution in [-0.2, 0) is 13.0 Å². The normalized spacial score (nSPS) is 22.1. The Hall–Kier alpha value is -3.39. The Morgan fingerprint density at radius 1 is 1.26 bits per heavy atom. The minimum absolute atomic E-state index is 0.195. The molecule has 1 aliphatic rings. The number of nitrogens with zero attached hydrogens (tertiary/aromatic N) is 3. The molecule has 0 bridgehead atoms. The van der Waals surface area contributed by atoms with Crippen molar-refractivity contribution in [3.63, 3.8) is 0 Å². The molecule has 0 radical (unpaired) electrons. The van der Waals surface area contributed by atoms with E-state index in [2.05, 4.69) is 42.5 Å². The molecule has 0 amide bonds. The Kier molecular flexibility index (Phi) is 6.23. The predicted molar refractivity (Wildman–Crippen MR) is 136 cm³/mol. The molecule has 0 aliphatic heterocycles. The number of hydrogen-bond acceptors (Lipinski definition) is 8. The fourth-order valence-electron chi connectivity index (χ4n) is 5.10. The van der Waals surface area contributed by atoms with Crippen LogP contribution in [-0.4, -0.2) is 32.2 Å². The van der Waals surface area contributed by atoms with Gasteiger partial charge in [-0.3, -0.25) is 4.98 Å². The first kappa shape index (κ1) is 23.4. The van der Waals surface area contributed by atoms with Crippen LogP contribution in [0, 0.1) is 18.8 Å². The monoisotopic (exact) mass is 475 g/mol. The van der Waals surface area contributed by atoms with E-state index in [0.29, 0.717) is 18.3 Å². The highest BCUT2D eigenvalue weighted by atomic mass is 16.3. The van der Waals surface area contributed by atoms with Crippen molar-refractivity contribution in [2.45, 2.75) is 59.0 Å². The summed E-state index contributed by atoms with van der Waals surface area (Å²) in [5.74, 6) is 3.30. The number of hydrogen-bond donors (Lipinski definition) is 3. The topological polar surface area (TPSA) is 109 Å². The smallest absolute Gasteiger partial charge is 0.225 e. The molecule has 8 nitrogen and oxygen atoms in total. The Labute approximate surface area is 205 Å². The number of anilines is 2. The van der Waals surface area contributed by atoms with E-state index in [1.165, 1.54) is 0 Å². The molecule has 3 atom stereocenters. The largest absolute Gasteiger partial charge is 0.467 e. The van der Waals surface area contributed by atoms with E-state index in [1.807, 2.05) is 25.1 Å². The molecule has 5 rings (SSSR count). The summed E-state index contributed by atoms with van der Waals surface area (Å²) < 4.78 is 11.7. The highest BCUT2D eigenvalue weighted by Crippen LogP contribution is 2.44. The number of pyridine rings is 1. The lowest BCUT2D eigenvalue weighted by atomic mass is 9.86. The van der Waals surface area contributed by atoms with Crippen LogP contribution in [0.1, 0.15) is 50.8 Å². The van der Waals surface area contributed by atoms with Gasteiger partial charge in [0.2, 0.25) is 5.95 Å². The average molecular weight is 476 g/mol. The van der Waals surface area contributed by atoms with E-state index in [0.717, 1.165) is 58.8 Å². The Morgan fingerprint density at radius 2 is 2.11 bits per heavy atom. The van der Waals surface area contributed by atoms with Crippen molar-refractivity contribution < 1.29 is 13.9 Å². The number of rotatable bonds is 8. The van der Waals surface area contributed by atoms with Gasteiger partial charge in [0.05, 0.1) is 30.3 Å². The summed E-state index contributed by atoms with van der Waals surface area (Å²) in [6.07, 6.45) is 6.22. The van der Waals surface area contributed by atoms with Crippen LogP contribution in [0.4, 0.5) is 11.8 Å². The lowest BCUT2D eigenvalue weighted by Gasteiger charge is -2.33. The highest BCUT2D eigenvalue weighted by Gasteiger charge is 2.43. The third kappa shape index (κ3) is 4.50. The van der Waals surface area contributed by atoms with Crippen LogP contribution in [0.25, 0.3) is 22.3 Å². The van der Waals surface area contributed by atoms with Gasteiger partial charge < -0.3 is 24.6 Å². The van der Waals surface area contributed by atoms with Crippen LogP contribution >= 0.6 is 0 Å². The standard InChI is InChI=1S/C27H33N5O3/c1-5-20-11-19-12-22(35-23(19)14-28-20)24-17(3)30-26(29-13-21-7-6-10-34-21)31-25(24)32-27(4)9-8-18(15-33)16(27)2/h6-7,10-12,14,16,18,33H,5,8-9,13,15H2,1-4H3,(H2,29,30,31,32). The molecule has 35 heavy (non-hydrogen) atoms. The zero-order chi connectivity index (χ0) is 24.6. The summed E-state index contributed by atoms with van der Waals surface area (Å²) in [5.41, 5.74) is 3.19. The van der Waals surface area contributed by atoms with Crippen molar-refractivity contribution in [1.82, 2.24) is 15.0 Å². The molecule has 1 fully saturated rings. The second-order valence-electron chi connectivity index (χ2n) is 9.78. The minimum Gasteiger partial charge on any atom is -0.467 e. The Bertz CT molecular complexity index is 1320. The van der Waals surface area contributed by atoms with Gasteiger partial charge in [0.1, 0.15) is 17.3 Å². The van der Waals surface area contributed by atoms with Gasteiger partial charge in [0.15, 0.2) is 5.58 Å². The van der Waals surface area contributed by atoms with Crippen LogP contribution in [0.2, 0.25) is 0 Å². The molecule has 0 aromatic carbocycles. The number of aliphatic hydroxyl groups is 1. The number of furan rings is 2. The number of aromatic nitrogens is 3. The molecule has 3 unspecified atom stereocenters. The van der Waals surface area contributed by atoms with E-state index >= 15 is 0 Å². The third-order valence-electron chi connectivity index (χ3n) is 7.55. The molecule has 184 valence electrons. The summed E-state index contributed by atoms with van der Waals surface area (Å²) >= 11 is 0. The SMILES string of the molecule is CCc1cc2cc(-c3c(C)nc(NCc4ccco4)nc3NC3(C)CCC(CO)C3C)oc2cn1. The molecule has 4 heterocycles. The van der Waals surface area contributed by atoms with E-state index in [-0.39, 0.29) is 24.0 Å². The summed E-state index contributed by atoms with van der Waals surface area (Å²) in [6.45, 7) is 9.15. The molecule has 1 aliphatic carbocycles. The number of nitrogens with one attached hydrogen (secondary N) is 2. The first-order chi connectivity index (χ1) is 16.9. The van der Waals surface area contributed by atoms with Gasteiger partial charge in [-0.05, 0) is 69.2 Å². The fourth-order valence-corrected chi connectivity index (χ4v) is 5.10. The lowest BCUT2D eigenvalue weighted by molar-refractivity contribution is 0.187. The van der Waals surface area contributed by atoms with Crippen molar-refractivity contribution in [3.05, 3.63) is 53.9 Å². The average Bonchev–Trinajstić information content (AvgIpc) is 3.57. The van der Waals surface area contributed by atoms with Gasteiger partial charge in [-0.15, -0.1) is 0 Å². The molecular weight excluding hydrogens is 442 g/mol. The van der Waals surface area contributed by atoms with Crippen molar-refractivity contribution in [3.8, 4) is 11.3 Å². The summed E-state index contributed by atoms with van der Waals surface area (Å²) in [7, 11) is 0. The maximum atomic E-state index is 9.85. The van der Waals surface area contributed by atoms with Crippen LogP contribution in [0.3, 0.4) is 0 Å². The van der Waals surface area contributed by atoms with E-state index < -0.39 is 0 Å². The third-order valence-corrected chi connectivity index (χ3v) is 7.55. The van der Waals surface area contributed by atoms with Gasteiger partial charge in [0.25, 0.3) is 0 Å². The molecule has 4 aromatic rings. The Morgan fingerprint density at radius 3 is 2.83 bits per heavy atom. The van der Waals surface area contributed by atoms with Gasteiger partial charge in [-0.1, -0.05) is 13.8 Å². The van der Waals surface area contributed by atoms with Crippen molar-refractivity contribution in [1.29, 1.82) is 0 Å². The van der Waals surface area contributed by atoms with Gasteiger partial charge >= 0.3 is 0 Å². The van der Waals surface area contributed by atoms with Crippen molar-refractivity contribution in [2.24, 2.45) is 11.8 Å². The molecule has 3 N–H and O–H groups in total. The van der Waals surface area contributed by atoms with Gasteiger partial charge in [-0.2, -0.15) is 4.98 Å². The molecule has 0 spiro atoms. The zero-order valence-corrected chi connectivity index (χ0v) is 20.8. The van der Waals surface area contributed by atoms with Crippen LogP contribution in [0.15, 0.2) is 45.6 Å². The lowest BCUT2D eigenvalue weighted by Crippen LogP contribution is -2.40. The van der Waals surface area contributed by atoms with E-state index in [4.69, 9.17) is 18.8 Å². The van der Waals surface area contributed by atoms with Gasteiger partial charge in [0, 0.05) is 23.2 Å². The molecule has 1 saturated carbocycles.